The summed E-state index contributed by atoms with van der Waals surface area (Å²) in [6.07, 6.45) is 1.86. The van der Waals surface area contributed by atoms with Crippen LogP contribution in [0.2, 0.25) is 0 Å². The van der Waals surface area contributed by atoms with E-state index in [-0.39, 0.29) is 0 Å². The second-order valence-corrected chi connectivity index (χ2v) is 2.00. The van der Waals surface area contributed by atoms with E-state index in [1.54, 1.807) is 0 Å². The molecule has 0 amide bonds. The molecule has 8 heavy (non-hydrogen) atoms. The van der Waals surface area contributed by atoms with E-state index in [0.717, 1.165) is 13.2 Å². The molecule has 0 saturated carbocycles. The van der Waals surface area contributed by atoms with Gasteiger partial charge in [0.2, 0.25) is 0 Å². The fraction of sp³-hybridized carbons (Fsp3) is 0.429. The molecule has 0 aromatic heterocycles. The van der Waals surface area contributed by atoms with E-state index >= 15 is 0 Å². The summed E-state index contributed by atoms with van der Waals surface area (Å²) in [5, 5.41) is 0. The lowest BCUT2D eigenvalue weighted by atomic mass is 10.2. The largest absolute Gasteiger partial charge is 0.372 e. The van der Waals surface area contributed by atoms with Crippen LogP contribution in [0, 0.1) is 0 Å². The maximum absolute atomic E-state index is 5.11. The van der Waals surface area contributed by atoms with Gasteiger partial charge in [0.1, 0.15) is 0 Å². The van der Waals surface area contributed by atoms with Gasteiger partial charge in [0.05, 0.1) is 13.2 Å². The lowest BCUT2D eigenvalue weighted by Gasteiger charge is -1.86. The zero-order chi connectivity index (χ0) is 5.98. The minimum absolute atomic E-state index is 0.759. The monoisotopic (exact) mass is 110 g/mol. The lowest BCUT2D eigenvalue weighted by molar-refractivity contribution is 0.206. The summed E-state index contributed by atoms with van der Waals surface area (Å²) in [7, 11) is 0. The van der Waals surface area contributed by atoms with E-state index < -0.39 is 0 Å². The summed E-state index contributed by atoms with van der Waals surface area (Å²) in [5.74, 6) is 0. The predicted molar refractivity (Wildman–Crippen MR) is 33.7 cm³/mol. The van der Waals surface area contributed by atoms with Crippen LogP contribution in [0.5, 0.6) is 0 Å². The van der Waals surface area contributed by atoms with Gasteiger partial charge in [-0.15, -0.1) is 0 Å². The van der Waals surface area contributed by atoms with Gasteiger partial charge in [0, 0.05) is 0 Å². The third kappa shape index (κ3) is 0.819. The van der Waals surface area contributed by atoms with Crippen LogP contribution < -0.4 is 0 Å². The molecular weight excluding hydrogens is 100 g/mol. The number of ether oxygens (including phenoxy) is 1. The normalized spacial score (nSPS) is 19.6. The van der Waals surface area contributed by atoms with Crippen LogP contribution in [0.1, 0.15) is 6.92 Å². The molecule has 1 aliphatic rings. The topological polar surface area (TPSA) is 9.23 Å². The summed E-state index contributed by atoms with van der Waals surface area (Å²) in [4.78, 5) is 0. The molecule has 0 fully saturated rings. The van der Waals surface area contributed by atoms with Gasteiger partial charge in [0.25, 0.3) is 0 Å². The van der Waals surface area contributed by atoms with Crippen LogP contribution in [0.4, 0.5) is 0 Å². The minimum Gasteiger partial charge on any atom is -0.372 e. The van der Waals surface area contributed by atoms with Gasteiger partial charge in [0.15, 0.2) is 0 Å². The number of hydrogen-bond donors (Lipinski definition) is 0. The number of hydrogen-bond acceptors (Lipinski definition) is 1. The molecule has 1 aliphatic heterocycles. The Morgan fingerprint density at radius 2 is 2.38 bits per heavy atom. The highest BCUT2D eigenvalue weighted by Crippen LogP contribution is 2.12. The maximum Gasteiger partial charge on any atom is 0.0721 e. The highest BCUT2D eigenvalue weighted by Gasteiger charge is 2.05. The van der Waals surface area contributed by atoms with Gasteiger partial charge < -0.3 is 4.74 Å². The third-order valence-electron chi connectivity index (χ3n) is 1.37. The first-order valence-corrected chi connectivity index (χ1v) is 2.73. The molecule has 0 unspecified atom stereocenters. The quantitative estimate of drug-likeness (QED) is 0.497. The van der Waals surface area contributed by atoms with Crippen molar-refractivity contribution >= 4 is 0 Å². The van der Waals surface area contributed by atoms with E-state index in [1.165, 1.54) is 11.1 Å². The highest BCUT2D eigenvalue weighted by atomic mass is 16.5. The van der Waals surface area contributed by atoms with Crippen LogP contribution in [0.3, 0.4) is 0 Å². The molecule has 0 bridgehead atoms. The average Bonchev–Trinajstić information content (AvgIpc) is 2.14. The fourth-order valence-electron chi connectivity index (χ4n) is 0.763. The molecule has 1 rings (SSSR count). The minimum atomic E-state index is 0.759. The van der Waals surface area contributed by atoms with Crippen LogP contribution in [0.15, 0.2) is 23.8 Å². The van der Waals surface area contributed by atoms with Crippen molar-refractivity contribution < 1.29 is 4.74 Å². The van der Waals surface area contributed by atoms with Gasteiger partial charge in [-0.25, -0.2) is 0 Å². The molecule has 0 atom stereocenters. The van der Waals surface area contributed by atoms with Crippen molar-refractivity contribution in [2.45, 2.75) is 6.92 Å². The zero-order valence-corrected chi connectivity index (χ0v) is 5.11. The smallest absolute Gasteiger partial charge is 0.0721 e. The van der Waals surface area contributed by atoms with Crippen molar-refractivity contribution in [2.75, 3.05) is 13.2 Å². The summed E-state index contributed by atoms with van der Waals surface area (Å²) in [6.45, 7) is 7.28. The molecular formula is C7H10O. The lowest BCUT2D eigenvalue weighted by Crippen LogP contribution is -1.82. The standard InChI is InChI=1S/C7H10O/c1-3-7-5-8-4-6(7)2/h3H,1,4-5H2,2H3. The van der Waals surface area contributed by atoms with Gasteiger partial charge in [-0.3, -0.25) is 0 Å². The van der Waals surface area contributed by atoms with Crippen LogP contribution >= 0.6 is 0 Å². The molecule has 0 aromatic carbocycles. The molecule has 0 aromatic rings. The van der Waals surface area contributed by atoms with E-state index in [1.807, 2.05) is 6.08 Å². The van der Waals surface area contributed by atoms with Crippen molar-refractivity contribution in [2.24, 2.45) is 0 Å². The van der Waals surface area contributed by atoms with Crippen molar-refractivity contribution in [1.82, 2.24) is 0 Å². The number of rotatable bonds is 1. The van der Waals surface area contributed by atoms with E-state index in [0.29, 0.717) is 0 Å². The Morgan fingerprint density at radius 3 is 2.62 bits per heavy atom. The van der Waals surface area contributed by atoms with Gasteiger partial charge in [-0.05, 0) is 18.1 Å². The first-order valence-electron chi connectivity index (χ1n) is 2.73. The van der Waals surface area contributed by atoms with Crippen LogP contribution in [-0.2, 0) is 4.74 Å². The van der Waals surface area contributed by atoms with Crippen molar-refractivity contribution in [3.63, 3.8) is 0 Å². The summed E-state index contributed by atoms with van der Waals surface area (Å²) in [6, 6.07) is 0. The van der Waals surface area contributed by atoms with Crippen molar-refractivity contribution in [1.29, 1.82) is 0 Å². The van der Waals surface area contributed by atoms with E-state index in [2.05, 4.69) is 13.5 Å². The predicted octanol–water partition coefficient (Wildman–Crippen LogP) is 1.52. The van der Waals surface area contributed by atoms with E-state index in [4.69, 9.17) is 4.74 Å². The highest BCUT2D eigenvalue weighted by molar-refractivity contribution is 5.26. The van der Waals surface area contributed by atoms with Crippen LogP contribution in [0.25, 0.3) is 0 Å². The Labute approximate surface area is 49.7 Å². The molecule has 44 valence electrons. The zero-order valence-electron chi connectivity index (χ0n) is 5.11. The average molecular weight is 110 g/mol. The molecule has 1 heterocycles. The third-order valence-corrected chi connectivity index (χ3v) is 1.37. The van der Waals surface area contributed by atoms with Crippen molar-refractivity contribution in [3.8, 4) is 0 Å². The molecule has 0 spiro atoms. The first-order chi connectivity index (χ1) is 3.84. The van der Waals surface area contributed by atoms with Crippen molar-refractivity contribution in [3.05, 3.63) is 23.8 Å². The molecule has 0 radical (unpaired) electrons. The van der Waals surface area contributed by atoms with E-state index in [9.17, 15) is 0 Å². The fourth-order valence-corrected chi connectivity index (χ4v) is 0.763. The second-order valence-electron chi connectivity index (χ2n) is 2.00. The Bertz CT molecular complexity index is 133. The summed E-state index contributed by atoms with van der Waals surface area (Å²) >= 11 is 0. The SMILES string of the molecule is C=CC1=C(C)COC1. The summed E-state index contributed by atoms with van der Waals surface area (Å²) < 4.78 is 5.11. The first kappa shape index (κ1) is 5.57. The molecule has 0 N–H and O–H groups in total. The molecule has 1 nitrogen and oxygen atoms in total. The van der Waals surface area contributed by atoms with Crippen LogP contribution in [-0.4, -0.2) is 13.2 Å². The Kier molecular flexibility index (Phi) is 1.49. The summed E-state index contributed by atoms with van der Waals surface area (Å²) in [5.41, 5.74) is 2.57. The molecule has 0 aliphatic carbocycles. The molecule has 0 saturated heterocycles. The molecule has 1 heteroatoms. The maximum atomic E-state index is 5.11. The Balaban J connectivity index is 2.72. The Morgan fingerprint density at radius 1 is 1.62 bits per heavy atom. The van der Waals surface area contributed by atoms with Gasteiger partial charge in [-0.2, -0.15) is 0 Å². The van der Waals surface area contributed by atoms with Gasteiger partial charge >= 0.3 is 0 Å². The second kappa shape index (κ2) is 2.14. The Hall–Kier alpha value is -0.560. The van der Waals surface area contributed by atoms with Gasteiger partial charge in [-0.1, -0.05) is 12.7 Å².